The van der Waals surface area contributed by atoms with Crippen molar-refractivity contribution in [2.75, 3.05) is 13.1 Å². The third-order valence-electron chi connectivity index (χ3n) is 4.77. The van der Waals surface area contributed by atoms with Gasteiger partial charge < -0.3 is 19.5 Å². The molecule has 0 spiro atoms. The summed E-state index contributed by atoms with van der Waals surface area (Å²) in [4.78, 5) is 50.8. The van der Waals surface area contributed by atoms with Crippen molar-refractivity contribution in [2.24, 2.45) is 0 Å². The second kappa shape index (κ2) is 9.95. The molecular formula is C24H32N4O7. The molecule has 1 fully saturated rings. The number of nitrogens with zero attached hydrogens (tertiary/aromatic N) is 2. The second-order valence-corrected chi connectivity index (χ2v) is 10.2. The van der Waals surface area contributed by atoms with Gasteiger partial charge in [-0.2, -0.15) is 0 Å². The van der Waals surface area contributed by atoms with Crippen LogP contribution in [0.2, 0.25) is 0 Å². The number of carbonyl (C=O) groups is 4. The van der Waals surface area contributed by atoms with E-state index in [0.717, 1.165) is 10.6 Å². The molecule has 3 amide bonds. The van der Waals surface area contributed by atoms with E-state index >= 15 is 0 Å². The number of alkyl carbamates (subject to hydrolysis) is 2. The highest BCUT2D eigenvalue weighted by molar-refractivity contribution is 5.99. The van der Waals surface area contributed by atoms with E-state index in [4.69, 9.17) is 14.2 Å². The highest BCUT2D eigenvalue weighted by Crippen LogP contribution is 2.30. The summed E-state index contributed by atoms with van der Waals surface area (Å²) >= 11 is 0. The zero-order valence-corrected chi connectivity index (χ0v) is 20.8. The van der Waals surface area contributed by atoms with E-state index in [2.05, 4.69) is 10.6 Å². The van der Waals surface area contributed by atoms with Crippen molar-refractivity contribution in [3.63, 3.8) is 0 Å². The molecule has 2 heterocycles. The van der Waals surface area contributed by atoms with Gasteiger partial charge in [-0.1, -0.05) is 30.3 Å². The van der Waals surface area contributed by atoms with Gasteiger partial charge in [0.25, 0.3) is 5.91 Å². The van der Waals surface area contributed by atoms with E-state index < -0.39 is 41.3 Å². The number of fused-ring (bicyclic) bond motifs is 1. The zero-order valence-electron chi connectivity index (χ0n) is 20.8. The quantitative estimate of drug-likeness (QED) is 0.478. The van der Waals surface area contributed by atoms with Crippen LogP contribution in [0.1, 0.15) is 47.1 Å². The highest BCUT2D eigenvalue weighted by atomic mass is 16.6. The Morgan fingerprint density at radius 3 is 2.20 bits per heavy atom. The summed E-state index contributed by atoms with van der Waals surface area (Å²) in [5, 5.41) is 7.77. The molecular weight excluding hydrogens is 456 g/mol. The third kappa shape index (κ3) is 6.95. The fraction of sp³-hybridized carbons (Fsp3) is 0.500. The van der Waals surface area contributed by atoms with E-state index in [9.17, 15) is 19.2 Å². The maximum absolute atomic E-state index is 13.1. The monoisotopic (exact) mass is 488 g/mol. The molecule has 35 heavy (non-hydrogen) atoms. The third-order valence-corrected chi connectivity index (χ3v) is 4.77. The summed E-state index contributed by atoms with van der Waals surface area (Å²) in [6.07, 6.45) is -1.52. The number of rotatable bonds is 5. The number of nitrogens with one attached hydrogen (secondary N) is 2. The maximum Gasteiger partial charge on any atom is 0.411 e. The molecule has 3 rings (SSSR count). The van der Waals surface area contributed by atoms with Gasteiger partial charge in [-0.3, -0.25) is 10.1 Å². The Morgan fingerprint density at radius 2 is 1.60 bits per heavy atom. The molecule has 190 valence electrons. The van der Waals surface area contributed by atoms with Crippen LogP contribution >= 0.6 is 0 Å². The Bertz CT molecular complexity index is 1020. The lowest BCUT2D eigenvalue weighted by Crippen LogP contribution is -2.45. The molecule has 11 heteroatoms. The lowest BCUT2D eigenvalue weighted by molar-refractivity contribution is -0.156. The summed E-state index contributed by atoms with van der Waals surface area (Å²) in [6.45, 7) is 10.4. The second-order valence-electron chi connectivity index (χ2n) is 10.2. The molecule has 0 bridgehead atoms. The summed E-state index contributed by atoms with van der Waals surface area (Å²) in [7, 11) is 0. The van der Waals surface area contributed by atoms with Gasteiger partial charge in [0, 0.05) is 6.54 Å². The molecule has 1 atom stereocenters. The number of hydrazine groups is 1. The van der Waals surface area contributed by atoms with E-state index in [1.54, 1.807) is 41.5 Å². The topological polar surface area (TPSA) is 127 Å². The fourth-order valence-electron chi connectivity index (χ4n) is 3.50. The van der Waals surface area contributed by atoms with Crippen LogP contribution in [-0.4, -0.2) is 64.4 Å². The normalized spacial score (nSPS) is 18.3. The lowest BCUT2D eigenvalue weighted by Gasteiger charge is -2.24. The van der Waals surface area contributed by atoms with Crippen molar-refractivity contribution in [1.29, 1.82) is 0 Å². The molecule has 1 saturated heterocycles. The molecule has 1 aromatic rings. The smallest absolute Gasteiger partial charge is 0.411 e. The molecule has 1 aromatic carbocycles. The van der Waals surface area contributed by atoms with Crippen molar-refractivity contribution in [3.05, 3.63) is 47.3 Å². The summed E-state index contributed by atoms with van der Waals surface area (Å²) in [6, 6.07) is 8.19. The number of esters is 1. The van der Waals surface area contributed by atoms with Crippen molar-refractivity contribution < 1.29 is 33.4 Å². The van der Waals surface area contributed by atoms with E-state index in [-0.39, 0.29) is 31.1 Å². The first kappa shape index (κ1) is 26.0. The van der Waals surface area contributed by atoms with E-state index in [1.807, 2.05) is 30.3 Å². The predicted octanol–water partition coefficient (Wildman–Crippen LogP) is 2.43. The summed E-state index contributed by atoms with van der Waals surface area (Å²) < 4.78 is 16.0. The lowest BCUT2D eigenvalue weighted by atomic mass is 10.2. The zero-order chi connectivity index (χ0) is 26.0. The minimum absolute atomic E-state index is 0.0350. The first-order valence-corrected chi connectivity index (χ1v) is 11.3. The maximum atomic E-state index is 13.1. The molecule has 0 unspecified atom stereocenters. The Labute approximate surface area is 204 Å². The van der Waals surface area contributed by atoms with Gasteiger partial charge >= 0.3 is 18.2 Å². The molecule has 0 radical (unpaired) electrons. The van der Waals surface area contributed by atoms with Crippen molar-refractivity contribution >= 4 is 24.1 Å². The Balaban J connectivity index is 1.76. The van der Waals surface area contributed by atoms with E-state index in [0.29, 0.717) is 0 Å². The SMILES string of the molecule is CC(C)(C)OC(=O)N[C@H]1CN2CC(NC(=O)OCc3ccccc3)=C(C(=O)OC(C)(C)C)N2C1=O. The molecule has 2 aliphatic rings. The largest absolute Gasteiger partial charge is 0.455 e. The van der Waals surface area contributed by atoms with Crippen LogP contribution in [0.3, 0.4) is 0 Å². The summed E-state index contributed by atoms with van der Waals surface area (Å²) in [5.41, 5.74) is -0.739. The van der Waals surface area contributed by atoms with Crippen molar-refractivity contribution in [3.8, 4) is 0 Å². The molecule has 11 nitrogen and oxygen atoms in total. The van der Waals surface area contributed by atoms with Gasteiger partial charge in [0.2, 0.25) is 0 Å². The Hall–Kier alpha value is -3.60. The van der Waals surface area contributed by atoms with Crippen LogP contribution in [0.5, 0.6) is 0 Å². The number of hydrogen-bond donors (Lipinski definition) is 2. The number of amides is 3. The van der Waals surface area contributed by atoms with Gasteiger partial charge in [-0.05, 0) is 47.1 Å². The Morgan fingerprint density at radius 1 is 0.971 bits per heavy atom. The summed E-state index contributed by atoms with van der Waals surface area (Å²) in [5.74, 6) is -1.34. The fourth-order valence-corrected chi connectivity index (χ4v) is 3.50. The number of carbonyl (C=O) groups excluding carboxylic acids is 4. The van der Waals surface area contributed by atoms with Crippen molar-refractivity contribution in [2.45, 2.75) is 65.4 Å². The first-order chi connectivity index (χ1) is 16.2. The van der Waals surface area contributed by atoms with Crippen LogP contribution in [0.15, 0.2) is 41.7 Å². The van der Waals surface area contributed by atoms with Gasteiger partial charge in [0.15, 0.2) is 5.70 Å². The number of ether oxygens (including phenoxy) is 3. The van der Waals surface area contributed by atoms with Crippen LogP contribution in [0.4, 0.5) is 9.59 Å². The van der Waals surface area contributed by atoms with E-state index in [1.165, 1.54) is 5.01 Å². The van der Waals surface area contributed by atoms with Crippen LogP contribution in [0.25, 0.3) is 0 Å². The minimum atomic E-state index is -0.936. The average molecular weight is 489 g/mol. The van der Waals surface area contributed by atoms with Crippen molar-refractivity contribution in [1.82, 2.24) is 20.7 Å². The van der Waals surface area contributed by atoms with Crippen LogP contribution in [0, 0.1) is 0 Å². The molecule has 0 aliphatic carbocycles. The van der Waals surface area contributed by atoms with Gasteiger partial charge in [0.05, 0.1) is 12.2 Å². The molecule has 2 aliphatic heterocycles. The molecule has 2 N–H and O–H groups in total. The molecule has 0 aromatic heterocycles. The highest BCUT2D eigenvalue weighted by Gasteiger charge is 2.49. The predicted molar refractivity (Wildman–Crippen MR) is 124 cm³/mol. The molecule has 0 saturated carbocycles. The number of benzene rings is 1. The minimum Gasteiger partial charge on any atom is -0.455 e. The van der Waals surface area contributed by atoms with Gasteiger partial charge in [-0.25, -0.2) is 24.4 Å². The van der Waals surface area contributed by atoms with Gasteiger partial charge in [0.1, 0.15) is 23.9 Å². The van der Waals surface area contributed by atoms with Gasteiger partial charge in [-0.15, -0.1) is 0 Å². The number of hydrogen-bond acceptors (Lipinski definition) is 8. The Kier molecular flexibility index (Phi) is 7.39. The first-order valence-electron chi connectivity index (χ1n) is 11.3. The average Bonchev–Trinajstić information content (AvgIpc) is 3.20. The van der Waals surface area contributed by atoms with Crippen LogP contribution < -0.4 is 10.6 Å². The van der Waals surface area contributed by atoms with Crippen LogP contribution in [-0.2, 0) is 30.4 Å². The standard InChI is InChI=1S/C24H32N4O7/c1-23(2,3)34-20(30)18-16(25-21(31)33-14-15-10-8-7-9-11-15)12-27-13-17(19(29)28(18)27)26-22(32)35-24(4,5)6/h7-11,17H,12-14H2,1-6H3,(H,25,31)(H,26,32)/t17-/m0/s1.